The van der Waals surface area contributed by atoms with E-state index in [1.54, 1.807) is 6.92 Å². The number of β-amino-alcohol motifs (C(OH)–C–C–N with tert-alkyl or cyclic N) is 1. The van der Waals surface area contributed by atoms with Crippen molar-refractivity contribution in [1.82, 2.24) is 9.80 Å². The highest BCUT2D eigenvalue weighted by molar-refractivity contribution is 9.10. The lowest BCUT2D eigenvalue weighted by Gasteiger charge is -2.35. The van der Waals surface area contributed by atoms with Crippen LogP contribution in [0.3, 0.4) is 0 Å². The minimum atomic E-state index is -0.475. The Kier molecular flexibility index (Phi) is 4.96. The van der Waals surface area contributed by atoms with E-state index >= 15 is 0 Å². The van der Waals surface area contributed by atoms with Gasteiger partial charge >= 0.3 is 0 Å². The number of hydrogen-bond acceptors (Lipinski definition) is 3. The standard InChI is InChI=1S/C14H19BrN2O2/c1-11(18)17-8-6-16(7-9-17)10-14(19)12-2-4-13(15)5-3-12/h2-5,14,19H,6-10H2,1H3/t14-/m0/s1. The summed E-state index contributed by atoms with van der Waals surface area (Å²) in [5.41, 5.74) is 0.928. The summed E-state index contributed by atoms with van der Waals surface area (Å²) in [4.78, 5) is 15.3. The van der Waals surface area contributed by atoms with Crippen LogP contribution in [0.25, 0.3) is 0 Å². The molecule has 1 N–H and O–H groups in total. The molecule has 0 aliphatic carbocycles. The van der Waals surface area contributed by atoms with Crippen LogP contribution in [-0.4, -0.2) is 53.5 Å². The van der Waals surface area contributed by atoms with E-state index in [0.29, 0.717) is 6.54 Å². The van der Waals surface area contributed by atoms with Gasteiger partial charge in [0.15, 0.2) is 0 Å². The molecule has 1 aliphatic heterocycles. The van der Waals surface area contributed by atoms with Crippen molar-refractivity contribution in [3.8, 4) is 0 Å². The number of hydrogen-bond donors (Lipinski definition) is 1. The zero-order valence-corrected chi connectivity index (χ0v) is 12.6. The van der Waals surface area contributed by atoms with Crippen molar-refractivity contribution >= 4 is 21.8 Å². The first-order valence-corrected chi connectivity index (χ1v) is 7.27. The maximum atomic E-state index is 11.2. The van der Waals surface area contributed by atoms with Gasteiger partial charge in [-0.2, -0.15) is 0 Å². The third-order valence-corrected chi connectivity index (χ3v) is 4.03. The topological polar surface area (TPSA) is 43.8 Å². The fraction of sp³-hybridized carbons (Fsp3) is 0.500. The van der Waals surface area contributed by atoms with Gasteiger partial charge in [-0.05, 0) is 17.7 Å². The summed E-state index contributed by atoms with van der Waals surface area (Å²) in [7, 11) is 0. The molecular weight excluding hydrogens is 308 g/mol. The molecule has 1 fully saturated rings. The summed E-state index contributed by atoms with van der Waals surface area (Å²) >= 11 is 3.38. The van der Waals surface area contributed by atoms with Crippen molar-refractivity contribution in [2.75, 3.05) is 32.7 Å². The largest absolute Gasteiger partial charge is 0.387 e. The van der Waals surface area contributed by atoms with Gasteiger partial charge in [-0.1, -0.05) is 28.1 Å². The summed E-state index contributed by atoms with van der Waals surface area (Å²) in [6.07, 6.45) is -0.475. The van der Waals surface area contributed by atoms with Gasteiger partial charge in [0.2, 0.25) is 5.91 Å². The second-order valence-corrected chi connectivity index (χ2v) is 5.79. The van der Waals surface area contributed by atoms with Crippen molar-refractivity contribution in [2.24, 2.45) is 0 Å². The molecule has 0 aromatic heterocycles. The Morgan fingerprint density at radius 2 is 1.84 bits per heavy atom. The minimum Gasteiger partial charge on any atom is -0.387 e. The van der Waals surface area contributed by atoms with E-state index in [2.05, 4.69) is 20.8 Å². The van der Waals surface area contributed by atoms with Crippen LogP contribution in [0.1, 0.15) is 18.6 Å². The van der Waals surface area contributed by atoms with Gasteiger partial charge < -0.3 is 10.0 Å². The number of nitrogens with zero attached hydrogens (tertiary/aromatic N) is 2. The predicted molar refractivity (Wildman–Crippen MR) is 77.8 cm³/mol. The molecule has 0 unspecified atom stereocenters. The Bertz CT molecular complexity index is 428. The minimum absolute atomic E-state index is 0.133. The highest BCUT2D eigenvalue weighted by Gasteiger charge is 2.20. The number of halogens is 1. The summed E-state index contributed by atoms with van der Waals surface area (Å²) in [5, 5.41) is 10.2. The third-order valence-electron chi connectivity index (χ3n) is 3.50. The van der Waals surface area contributed by atoms with E-state index in [4.69, 9.17) is 0 Å². The second-order valence-electron chi connectivity index (χ2n) is 4.87. The van der Waals surface area contributed by atoms with Crippen molar-refractivity contribution < 1.29 is 9.90 Å². The number of carbonyl (C=O) groups excluding carboxylic acids is 1. The zero-order valence-electron chi connectivity index (χ0n) is 11.1. The Balaban J connectivity index is 1.85. The number of amides is 1. The van der Waals surface area contributed by atoms with E-state index in [1.807, 2.05) is 29.2 Å². The van der Waals surface area contributed by atoms with Crippen molar-refractivity contribution in [3.05, 3.63) is 34.3 Å². The van der Waals surface area contributed by atoms with E-state index < -0.39 is 6.10 Å². The van der Waals surface area contributed by atoms with Gasteiger partial charge in [-0.15, -0.1) is 0 Å². The monoisotopic (exact) mass is 326 g/mol. The summed E-state index contributed by atoms with van der Waals surface area (Å²) < 4.78 is 1.01. The van der Waals surface area contributed by atoms with Crippen molar-refractivity contribution in [1.29, 1.82) is 0 Å². The maximum Gasteiger partial charge on any atom is 0.219 e. The van der Waals surface area contributed by atoms with Gasteiger partial charge in [-0.3, -0.25) is 9.69 Å². The van der Waals surface area contributed by atoms with E-state index in [-0.39, 0.29) is 5.91 Å². The lowest BCUT2D eigenvalue weighted by Crippen LogP contribution is -2.48. The molecular formula is C14H19BrN2O2. The van der Waals surface area contributed by atoms with E-state index in [9.17, 15) is 9.90 Å². The number of benzene rings is 1. The fourth-order valence-electron chi connectivity index (χ4n) is 2.28. The van der Waals surface area contributed by atoms with Gasteiger partial charge in [0.1, 0.15) is 0 Å². The molecule has 4 nitrogen and oxygen atoms in total. The molecule has 19 heavy (non-hydrogen) atoms. The molecule has 1 aromatic carbocycles. The molecule has 1 heterocycles. The first kappa shape index (κ1) is 14.5. The fourth-order valence-corrected chi connectivity index (χ4v) is 2.54. The van der Waals surface area contributed by atoms with Crippen molar-refractivity contribution in [2.45, 2.75) is 13.0 Å². The van der Waals surface area contributed by atoms with Gasteiger partial charge in [0.25, 0.3) is 0 Å². The number of aliphatic hydroxyl groups excluding tert-OH is 1. The van der Waals surface area contributed by atoms with Gasteiger partial charge in [0.05, 0.1) is 6.10 Å². The molecule has 2 rings (SSSR count). The van der Waals surface area contributed by atoms with Crippen LogP contribution in [0.4, 0.5) is 0 Å². The molecule has 1 amide bonds. The normalized spacial score (nSPS) is 18.4. The summed E-state index contributed by atoms with van der Waals surface area (Å²) in [6.45, 7) is 5.38. The van der Waals surface area contributed by atoms with Crippen LogP contribution in [0.2, 0.25) is 0 Å². The predicted octanol–water partition coefficient (Wildman–Crippen LogP) is 1.65. The average Bonchev–Trinajstić information content (AvgIpc) is 2.40. The Morgan fingerprint density at radius 3 is 2.37 bits per heavy atom. The molecule has 0 saturated carbocycles. The molecule has 1 atom stereocenters. The molecule has 1 aliphatic rings. The van der Waals surface area contributed by atoms with Gasteiger partial charge in [0, 0.05) is 44.1 Å². The molecule has 0 spiro atoms. The molecule has 1 saturated heterocycles. The highest BCUT2D eigenvalue weighted by Crippen LogP contribution is 2.18. The number of carbonyl (C=O) groups is 1. The van der Waals surface area contributed by atoms with E-state index in [1.165, 1.54) is 0 Å². The lowest BCUT2D eigenvalue weighted by atomic mass is 10.1. The number of piperazine rings is 1. The second kappa shape index (κ2) is 6.50. The SMILES string of the molecule is CC(=O)N1CCN(C[C@H](O)c2ccc(Br)cc2)CC1. The summed E-state index contributed by atoms with van der Waals surface area (Å²) in [6, 6.07) is 7.74. The first-order valence-electron chi connectivity index (χ1n) is 6.47. The molecule has 1 aromatic rings. The maximum absolute atomic E-state index is 11.2. The lowest BCUT2D eigenvalue weighted by molar-refractivity contribution is -0.130. The van der Waals surface area contributed by atoms with E-state index in [0.717, 1.165) is 36.2 Å². The Hall–Kier alpha value is -0.910. The smallest absolute Gasteiger partial charge is 0.219 e. The molecule has 0 radical (unpaired) electrons. The molecule has 0 bridgehead atoms. The third kappa shape index (κ3) is 4.03. The van der Waals surface area contributed by atoms with Crippen LogP contribution < -0.4 is 0 Å². The van der Waals surface area contributed by atoms with Crippen molar-refractivity contribution in [3.63, 3.8) is 0 Å². The average molecular weight is 327 g/mol. The van der Waals surface area contributed by atoms with Crippen LogP contribution >= 0.6 is 15.9 Å². The highest BCUT2D eigenvalue weighted by atomic mass is 79.9. The number of aliphatic hydroxyl groups is 1. The number of rotatable bonds is 3. The Morgan fingerprint density at radius 1 is 1.26 bits per heavy atom. The summed E-state index contributed by atoms with van der Waals surface area (Å²) in [5.74, 6) is 0.133. The zero-order chi connectivity index (χ0) is 13.8. The molecule has 104 valence electrons. The van der Waals surface area contributed by atoms with Crippen LogP contribution in [0.15, 0.2) is 28.7 Å². The quantitative estimate of drug-likeness (QED) is 0.918. The van der Waals surface area contributed by atoms with Crippen LogP contribution in [0.5, 0.6) is 0 Å². The van der Waals surface area contributed by atoms with Gasteiger partial charge in [-0.25, -0.2) is 0 Å². The molecule has 5 heteroatoms. The first-order chi connectivity index (χ1) is 9.06. The van der Waals surface area contributed by atoms with Crippen LogP contribution in [0, 0.1) is 0 Å². The van der Waals surface area contributed by atoms with Crippen LogP contribution in [-0.2, 0) is 4.79 Å². The Labute approximate surface area is 122 Å².